The topological polar surface area (TPSA) is 44.4 Å². The van der Waals surface area contributed by atoms with E-state index in [0.717, 1.165) is 51.9 Å². The average molecular weight is 295 g/mol. The number of amides is 1. The summed E-state index contributed by atoms with van der Waals surface area (Å²) < 4.78 is 0. The van der Waals surface area contributed by atoms with Gasteiger partial charge >= 0.3 is 0 Å². The minimum Gasteiger partial charge on any atom is -0.354 e. The normalized spacial score (nSPS) is 28.0. The zero-order valence-corrected chi connectivity index (χ0v) is 13.8. The molecule has 1 unspecified atom stereocenters. The number of likely N-dealkylation sites (tertiary alicyclic amines) is 1. The fraction of sp³-hybridized carbons (Fsp3) is 0.941. The van der Waals surface area contributed by atoms with E-state index in [9.17, 15) is 4.79 Å². The second-order valence-corrected chi connectivity index (χ2v) is 6.82. The summed E-state index contributed by atoms with van der Waals surface area (Å²) in [5.41, 5.74) is -0.147. The zero-order valence-electron chi connectivity index (χ0n) is 13.8. The molecule has 0 bridgehead atoms. The summed E-state index contributed by atoms with van der Waals surface area (Å²) in [6.45, 7) is 8.34. The first-order valence-corrected chi connectivity index (χ1v) is 8.98. The van der Waals surface area contributed by atoms with Crippen molar-refractivity contribution < 1.29 is 4.79 Å². The van der Waals surface area contributed by atoms with Crippen molar-refractivity contribution in [3.63, 3.8) is 0 Å². The maximum atomic E-state index is 12.6. The van der Waals surface area contributed by atoms with Gasteiger partial charge in [0.25, 0.3) is 0 Å². The van der Waals surface area contributed by atoms with Crippen molar-refractivity contribution in [2.45, 2.75) is 58.3 Å². The van der Waals surface area contributed by atoms with E-state index in [1.54, 1.807) is 0 Å². The Balaban J connectivity index is 1.76. The molecule has 2 aliphatic heterocycles. The number of nitrogens with one attached hydrogen (secondary N) is 2. The molecule has 0 aromatic carbocycles. The van der Waals surface area contributed by atoms with Gasteiger partial charge in [-0.2, -0.15) is 0 Å². The van der Waals surface area contributed by atoms with Gasteiger partial charge in [0.05, 0.1) is 5.41 Å². The maximum absolute atomic E-state index is 12.6. The van der Waals surface area contributed by atoms with Crippen LogP contribution in [0.2, 0.25) is 0 Å². The van der Waals surface area contributed by atoms with Crippen molar-refractivity contribution in [1.82, 2.24) is 15.5 Å². The van der Waals surface area contributed by atoms with Gasteiger partial charge in [-0.1, -0.05) is 26.2 Å². The van der Waals surface area contributed by atoms with E-state index in [4.69, 9.17) is 0 Å². The molecule has 1 atom stereocenters. The molecule has 0 aromatic heterocycles. The fourth-order valence-electron chi connectivity index (χ4n) is 3.84. The van der Waals surface area contributed by atoms with Crippen molar-refractivity contribution in [2.24, 2.45) is 5.41 Å². The van der Waals surface area contributed by atoms with Crippen molar-refractivity contribution >= 4 is 5.91 Å². The van der Waals surface area contributed by atoms with Gasteiger partial charge < -0.3 is 15.5 Å². The standard InChI is InChI=1S/C17H33N3O/c1-2-8-17(9-7-10-18-15-17)16(21)19-11-14-20-12-5-3-4-6-13-20/h18H,2-15H2,1H3,(H,19,21). The highest BCUT2D eigenvalue weighted by Gasteiger charge is 2.38. The van der Waals surface area contributed by atoms with Gasteiger partial charge in [0, 0.05) is 19.6 Å². The van der Waals surface area contributed by atoms with E-state index in [-0.39, 0.29) is 11.3 Å². The SMILES string of the molecule is CCCC1(C(=O)NCCN2CCCCCC2)CCCNC1. The Kier molecular flexibility index (Phi) is 6.97. The Bertz CT molecular complexity index is 300. The first-order valence-electron chi connectivity index (χ1n) is 8.98. The third-order valence-corrected chi connectivity index (χ3v) is 5.09. The summed E-state index contributed by atoms with van der Waals surface area (Å²) in [7, 11) is 0. The van der Waals surface area contributed by atoms with E-state index in [1.807, 2.05) is 0 Å². The molecular formula is C17H33N3O. The summed E-state index contributed by atoms with van der Waals surface area (Å²) in [4.78, 5) is 15.2. The number of carbonyl (C=O) groups is 1. The smallest absolute Gasteiger partial charge is 0.227 e. The Labute approximate surface area is 130 Å². The molecule has 0 radical (unpaired) electrons. The largest absolute Gasteiger partial charge is 0.354 e. The quantitative estimate of drug-likeness (QED) is 0.789. The Hall–Kier alpha value is -0.610. The van der Waals surface area contributed by atoms with Gasteiger partial charge in [-0.25, -0.2) is 0 Å². The number of piperidine rings is 1. The highest BCUT2D eigenvalue weighted by molar-refractivity contribution is 5.83. The van der Waals surface area contributed by atoms with Crippen molar-refractivity contribution in [2.75, 3.05) is 39.3 Å². The number of hydrogen-bond donors (Lipinski definition) is 2. The molecule has 1 amide bonds. The number of carbonyl (C=O) groups excluding carboxylic acids is 1. The highest BCUT2D eigenvalue weighted by Crippen LogP contribution is 2.31. The van der Waals surface area contributed by atoms with Gasteiger partial charge in [-0.3, -0.25) is 4.79 Å². The maximum Gasteiger partial charge on any atom is 0.227 e. The van der Waals surface area contributed by atoms with Crippen LogP contribution in [-0.2, 0) is 4.79 Å². The molecule has 0 spiro atoms. The third kappa shape index (κ3) is 4.96. The van der Waals surface area contributed by atoms with Crippen LogP contribution in [-0.4, -0.2) is 50.1 Å². The first-order chi connectivity index (χ1) is 10.3. The van der Waals surface area contributed by atoms with Crippen LogP contribution in [0, 0.1) is 5.41 Å². The molecule has 2 rings (SSSR count). The number of nitrogens with zero attached hydrogens (tertiary/aromatic N) is 1. The fourth-order valence-corrected chi connectivity index (χ4v) is 3.84. The molecule has 21 heavy (non-hydrogen) atoms. The minimum absolute atomic E-state index is 0.147. The van der Waals surface area contributed by atoms with Gasteiger partial charge in [0.1, 0.15) is 0 Å². The lowest BCUT2D eigenvalue weighted by molar-refractivity contribution is -0.132. The Morgan fingerprint density at radius 3 is 2.57 bits per heavy atom. The summed E-state index contributed by atoms with van der Waals surface area (Å²) in [6, 6.07) is 0. The van der Waals surface area contributed by atoms with Gasteiger partial charge in [0.15, 0.2) is 0 Å². The molecule has 2 fully saturated rings. The molecule has 2 heterocycles. The van der Waals surface area contributed by atoms with E-state index in [1.165, 1.54) is 38.8 Å². The Morgan fingerprint density at radius 1 is 1.19 bits per heavy atom. The average Bonchev–Trinajstić information content (AvgIpc) is 2.77. The van der Waals surface area contributed by atoms with Gasteiger partial charge in [-0.15, -0.1) is 0 Å². The molecule has 0 aromatic rings. The third-order valence-electron chi connectivity index (χ3n) is 5.09. The van der Waals surface area contributed by atoms with Crippen LogP contribution in [0.15, 0.2) is 0 Å². The first kappa shape index (κ1) is 16.8. The molecule has 4 heteroatoms. The van der Waals surface area contributed by atoms with Crippen molar-refractivity contribution in [1.29, 1.82) is 0 Å². The molecule has 0 aliphatic carbocycles. The lowest BCUT2D eigenvalue weighted by Crippen LogP contribution is -2.51. The molecule has 0 saturated carbocycles. The molecule has 2 N–H and O–H groups in total. The van der Waals surface area contributed by atoms with Crippen LogP contribution in [0.5, 0.6) is 0 Å². The predicted octanol–water partition coefficient (Wildman–Crippen LogP) is 2.15. The number of hydrogen-bond acceptors (Lipinski definition) is 3. The zero-order chi connectivity index (χ0) is 15.0. The highest BCUT2D eigenvalue weighted by atomic mass is 16.2. The van der Waals surface area contributed by atoms with Crippen LogP contribution in [0.25, 0.3) is 0 Å². The molecule has 2 aliphatic rings. The van der Waals surface area contributed by atoms with Crippen LogP contribution < -0.4 is 10.6 Å². The molecule has 4 nitrogen and oxygen atoms in total. The predicted molar refractivity (Wildman–Crippen MR) is 87.4 cm³/mol. The number of rotatable bonds is 6. The van der Waals surface area contributed by atoms with Crippen LogP contribution >= 0.6 is 0 Å². The van der Waals surface area contributed by atoms with Crippen LogP contribution in [0.1, 0.15) is 58.3 Å². The molecule has 122 valence electrons. The van der Waals surface area contributed by atoms with Crippen LogP contribution in [0.4, 0.5) is 0 Å². The van der Waals surface area contributed by atoms with Crippen molar-refractivity contribution in [3.05, 3.63) is 0 Å². The second-order valence-electron chi connectivity index (χ2n) is 6.82. The summed E-state index contributed by atoms with van der Waals surface area (Å²) in [5, 5.41) is 6.64. The summed E-state index contributed by atoms with van der Waals surface area (Å²) >= 11 is 0. The van der Waals surface area contributed by atoms with Gasteiger partial charge in [0.2, 0.25) is 5.91 Å². The van der Waals surface area contributed by atoms with E-state index < -0.39 is 0 Å². The van der Waals surface area contributed by atoms with Crippen LogP contribution in [0.3, 0.4) is 0 Å². The van der Waals surface area contributed by atoms with E-state index in [2.05, 4.69) is 22.5 Å². The lowest BCUT2D eigenvalue weighted by atomic mass is 9.76. The summed E-state index contributed by atoms with van der Waals surface area (Å²) in [6.07, 6.45) is 9.64. The van der Waals surface area contributed by atoms with E-state index >= 15 is 0 Å². The minimum atomic E-state index is -0.147. The monoisotopic (exact) mass is 295 g/mol. The second kappa shape index (κ2) is 8.74. The molecule has 2 saturated heterocycles. The van der Waals surface area contributed by atoms with Crippen molar-refractivity contribution in [3.8, 4) is 0 Å². The van der Waals surface area contributed by atoms with Gasteiger partial charge in [-0.05, 0) is 51.7 Å². The Morgan fingerprint density at radius 2 is 1.95 bits per heavy atom. The van der Waals surface area contributed by atoms with E-state index in [0.29, 0.717) is 0 Å². The molecular weight excluding hydrogens is 262 g/mol. The lowest BCUT2D eigenvalue weighted by Gasteiger charge is -2.36. The summed E-state index contributed by atoms with van der Waals surface area (Å²) in [5.74, 6) is 0.284.